The molecule has 0 aliphatic carbocycles. The van der Waals surface area contributed by atoms with E-state index in [2.05, 4.69) is 30.9 Å². The van der Waals surface area contributed by atoms with Gasteiger partial charge in [-0.2, -0.15) is 5.10 Å². The van der Waals surface area contributed by atoms with Gasteiger partial charge in [-0.1, -0.05) is 32.4 Å². The summed E-state index contributed by atoms with van der Waals surface area (Å²) in [5, 5.41) is 4.73. The van der Waals surface area contributed by atoms with Gasteiger partial charge in [0.1, 0.15) is 24.2 Å². The molecule has 0 fully saturated rings. The number of hydrogen-bond donors (Lipinski definition) is 0. The Balaban J connectivity index is 2.08. The number of hydrogen-bond acceptors (Lipinski definition) is 4. The van der Waals surface area contributed by atoms with Gasteiger partial charge in [-0.05, 0) is 24.3 Å². The van der Waals surface area contributed by atoms with Gasteiger partial charge >= 0.3 is 0 Å². The summed E-state index contributed by atoms with van der Waals surface area (Å²) in [4.78, 5) is 3.92. The van der Waals surface area contributed by atoms with Crippen LogP contribution in [0.5, 0.6) is 5.75 Å². The fourth-order valence-electron chi connectivity index (χ4n) is 1.71. The second-order valence-corrected chi connectivity index (χ2v) is 6.31. The highest BCUT2D eigenvalue weighted by Gasteiger charge is 2.22. The molecule has 2 aromatic rings. The molecular formula is C16H20ClN3O2. The van der Waals surface area contributed by atoms with Crippen LogP contribution in [0.3, 0.4) is 0 Å². The maximum absolute atomic E-state index is 5.94. The highest BCUT2D eigenvalue weighted by Crippen LogP contribution is 2.28. The van der Waals surface area contributed by atoms with Gasteiger partial charge in [0.2, 0.25) is 6.29 Å². The minimum Gasteiger partial charge on any atom is -0.457 e. The third-order valence-corrected chi connectivity index (χ3v) is 3.09. The Morgan fingerprint density at radius 1 is 1.27 bits per heavy atom. The Bertz CT molecular complexity index is 616. The zero-order valence-electron chi connectivity index (χ0n) is 13.2. The second kappa shape index (κ2) is 6.83. The average Bonchev–Trinajstić information content (AvgIpc) is 2.92. The van der Waals surface area contributed by atoms with Crippen molar-refractivity contribution in [2.75, 3.05) is 0 Å². The van der Waals surface area contributed by atoms with E-state index >= 15 is 0 Å². The first-order chi connectivity index (χ1) is 10.3. The molecule has 0 saturated carbocycles. The van der Waals surface area contributed by atoms with Crippen LogP contribution in [0.25, 0.3) is 6.20 Å². The molecule has 1 aromatic heterocycles. The number of nitrogens with zero attached hydrogens (tertiary/aromatic N) is 3. The molecule has 5 nitrogen and oxygen atoms in total. The predicted octanol–water partition coefficient (Wildman–Crippen LogP) is 4.22. The summed E-state index contributed by atoms with van der Waals surface area (Å²) in [5.74, 6) is 1.45. The standard InChI is InChI=1S/C16H20ClN3O2/c1-12(21-14-7-5-13(17)6-8-14)22-15(16(2,3)4)9-20-11-18-10-19-20/h5-12H,1-4H3/b15-9+. The summed E-state index contributed by atoms with van der Waals surface area (Å²) in [5.41, 5.74) is -0.191. The third kappa shape index (κ3) is 4.77. The van der Waals surface area contributed by atoms with Crippen molar-refractivity contribution in [1.82, 2.24) is 14.8 Å². The number of aromatic nitrogens is 3. The van der Waals surface area contributed by atoms with E-state index in [1.54, 1.807) is 41.5 Å². The molecule has 0 saturated heterocycles. The van der Waals surface area contributed by atoms with Crippen molar-refractivity contribution in [3.63, 3.8) is 0 Å². The van der Waals surface area contributed by atoms with Crippen molar-refractivity contribution >= 4 is 17.8 Å². The molecule has 0 amide bonds. The third-order valence-electron chi connectivity index (χ3n) is 2.83. The maximum Gasteiger partial charge on any atom is 0.238 e. The molecule has 2 rings (SSSR count). The second-order valence-electron chi connectivity index (χ2n) is 5.88. The molecule has 1 heterocycles. The van der Waals surface area contributed by atoms with Crippen molar-refractivity contribution in [3.05, 3.63) is 47.7 Å². The van der Waals surface area contributed by atoms with E-state index in [0.29, 0.717) is 10.8 Å². The molecule has 0 spiro atoms. The number of halogens is 1. The Kier molecular flexibility index (Phi) is 5.08. The number of rotatable bonds is 5. The molecule has 1 unspecified atom stereocenters. The SMILES string of the molecule is CC(O/C(=C/n1cncn1)C(C)(C)C)Oc1ccc(Cl)cc1. The predicted molar refractivity (Wildman–Crippen MR) is 86.4 cm³/mol. The van der Waals surface area contributed by atoms with Gasteiger partial charge < -0.3 is 9.47 Å². The summed E-state index contributed by atoms with van der Waals surface area (Å²) in [6.07, 6.45) is 4.44. The van der Waals surface area contributed by atoms with Crippen LogP contribution in [0.15, 0.2) is 42.7 Å². The molecule has 0 radical (unpaired) electrons. The summed E-state index contributed by atoms with van der Waals surface area (Å²) in [7, 11) is 0. The lowest BCUT2D eigenvalue weighted by Gasteiger charge is -2.26. The van der Waals surface area contributed by atoms with Crippen molar-refractivity contribution in [1.29, 1.82) is 0 Å². The van der Waals surface area contributed by atoms with Crippen LogP contribution in [0, 0.1) is 5.41 Å². The Hall–Kier alpha value is -2.01. The van der Waals surface area contributed by atoms with Crippen LogP contribution in [0.4, 0.5) is 0 Å². The fourth-order valence-corrected chi connectivity index (χ4v) is 1.84. The molecule has 1 atom stereocenters. The van der Waals surface area contributed by atoms with Crippen LogP contribution in [0.1, 0.15) is 27.7 Å². The summed E-state index contributed by atoms with van der Waals surface area (Å²) in [6.45, 7) is 8.02. The minimum absolute atomic E-state index is 0.191. The van der Waals surface area contributed by atoms with Gasteiger partial charge in [-0.25, -0.2) is 9.67 Å². The lowest BCUT2D eigenvalue weighted by atomic mass is 9.94. The first-order valence-corrected chi connectivity index (χ1v) is 7.37. The highest BCUT2D eigenvalue weighted by molar-refractivity contribution is 6.30. The molecule has 0 aliphatic heterocycles. The van der Waals surface area contributed by atoms with Gasteiger partial charge in [0, 0.05) is 17.4 Å². The lowest BCUT2D eigenvalue weighted by molar-refractivity contribution is -0.0456. The fraction of sp³-hybridized carbons (Fsp3) is 0.375. The van der Waals surface area contributed by atoms with Crippen molar-refractivity contribution in [2.45, 2.75) is 34.0 Å². The number of ether oxygens (including phenoxy) is 2. The molecular weight excluding hydrogens is 302 g/mol. The quantitative estimate of drug-likeness (QED) is 0.611. The van der Waals surface area contributed by atoms with E-state index in [4.69, 9.17) is 21.1 Å². The van der Waals surface area contributed by atoms with E-state index in [0.717, 1.165) is 5.76 Å². The molecule has 22 heavy (non-hydrogen) atoms. The number of benzene rings is 1. The average molecular weight is 322 g/mol. The largest absolute Gasteiger partial charge is 0.457 e. The summed E-state index contributed by atoms with van der Waals surface area (Å²) >= 11 is 5.86. The summed E-state index contributed by atoms with van der Waals surface area (Å²) in [6, 6.07) is 7.17. The van der Waals surface area contributed by atoms with Crippen LogP contribution in [-0.4, -0.2) is 21.1 Å². The monoisotopic (exact) mass is 321 g/mol. The first-order valence-electron chi connectivity index (χ1n) is 7.00. The van der Waals surface area contributed by atoms with Crippen LogP contribution < -0.4 is 4.74 Å². The van der Waals surface area contributed by atoms with Crippen molar-refractivity contribution < 1.29 is 9.47 Å². The topological polar surface area (TPSA) is 49.2 Å². The van der Waals surface area contributed by atoms with E-state index in [9.17, 15) is 0 Å². The normalized spacial score (nSPS) is 13.8. The molecule has 118 valence electrons. The van der Waals surface area contributed by atoms with Gasteiger partial charge in [-0.15, -0.1) is 0 Å². The van der Waals surface area contributed by atoms with Gasteiger partial charge in [0.15, 0.2) is 0 Å². The lowest BCUT2D eigenvalue weighted by Crippen LogP contribution is -2.22. The molecule has 6 heteroatoms. The van der Waals surface area contributed by atoms with Crippen molar-refractivity contribution in [2.24, 2.45) is 5.41 Å². The van der Waals surface area contributed by atoms with Gasteiger partial charge in [-0.3, -0.25) is 0 Å². The van der Waals surface area contributed by atoms with Crippen LogP contribution in [0.2, 0.25) is 5.02 Å². The zero-order valence-corrected chi connectivity index (χ0v) is 13.9. The van der Waals surface area contributed by atoms with Crippen LogP contribution >= 0.6 is 11.6 Å². The highest BCUT2D eigenvalue weighted by atomic mass is 35.5. The smallest absolute Gasteiger partial charge is 0.238 e. The molecule has 0 bridgehead atoms. The van der Waals surface area contributed by atoms with E-state index in [1.807, 2.05) is 6.92 Å². The van der Waals surface area contributed by atoms with E-state index in [-0.39, 0.29) is 5.41 Å². The van der Waals surface area contributed by atoms with Gasteiger partial charge in [0.25, 0.3) is 0 Å². The zero-order chi connectivity index (χ0) is 16.2. The van der Waals surface area contributed by atoms with Crippen LogP contribution in [-0.2, 0) is 4.74 Å². The molecule has 1 aromatic carbocycles. The van der Waals surface area contributed by atoms with Crippen molar-refractivity contribution in [3.8, 4) is 5.75 Å². The Morgan fingerprint density at radius 2 is 1.95 bits per heavy atom. The van der Waals surface area contributed by atoms with E-state index in [1.165, 1.54) is 6.33 Å². The van der Waals surface area contributed by atoms with Gasteiger partial charge in [0.05, 0.1) is 6.20 Å². The maximum atomic E-state index is 5.94. The van der Waals surface area contributed by atoms with E-state index < -0.39 is 6.29 Å². The summed E-state index contributed by atoms with van der Waals surface area (Å²) < 4.78 is 13.3. The molecule has 0 N–H and O–H groups in total. The molecule has 0 aliphatic rings. The minimum atomic E-state index is -0.449. The first kappa shape index (κ1) is 16.4. The Morgan fingerprint density at radius 3 is 2.50 bits per heavy atom. The Labute approximate surface area is 135 Å². The number of allylic oxidation sites excluding steroid dienone is 1.